The molecule has 188 valence electrons. The lowest BCUT2D eigenvalue weighted by atomic mass is 10.0. The third-order valence-corrected chi connectivity index (χ3v) is 5.70. The van der Waals surface area contributed by atoms with Gasteiger partial charge in [0.25, 0.3) is 0 Å². The van der Waals surface area contributed by atoms with Gasteiger partial charge in [0.1, 0.15) is 23.2 Å². The van der Waals surface area contributed by atoms with Gasteiger partial charge in [0.05, 0.1) is 19.9 Å². The van der Waals surface area contributed by atoms with Gasteiger partial charge in [-0.2, -0.15) is 0 Å². The van der Waals surface area contributed by atoms with Crippen LogP contribution in [0.2, 0.25) is 0 Å². The number of rotatable bonds is 8. The molecule has 0 bridgehead atoms. The summed E-state index contributed by atoms with van der Waals surface area (Å²) in [6.45, 7) is 1.92. The first-order valence-electron chi connectivity index (χ1n) is 11.7. The number of benzene rings is 4. The number of hydrogen-bond donors (Lipinski definition) is 2. The van der Waals surface area contributed by atoms with Crippen molar-refractivity contribution in [3.05, 3.63) is 119 Å². The van der Waals surface area contributed by atoms with Crippen molar-refractivity contribution < 1.29 is 23.8 Å². The predicted molar refractivity (Wildman–Crippen MR) is 144 cm³/mol. The fraction of sp³-hybridized carbons (Fsp3) is 0.133. The van der Waals surface area contributed by atoms with Gasteiger partial charge in [0.15, 0.2) is 0 Å². The zero-order chi connectivity index (χ0) is 26.2. The number of carbonyl (C=O) groups excluding carboxylic acids is 2. The third kappa shape index (κ3) is 6.27. The molecule has 0 radical (unpaired) electrons. The van der Waals surface area contributed by atoms with Crippen molar-refractivity contribution in [2.24, 2.45) is 0 Å². The van der Waals surface area contributed by atoms with Crippen LogP contribution in [0.25, 0.3) is 0 Å². The van der Waals surface area contributed by atoms with Gasteiger partial charge >= 0.3 is 12.0 Å². The smallest absolute Gasteiger partial charge is 0.341 e. The SMILES string of the molecule is COC(=O)c1cc(NC(=O)Nc2cc(C)ccc2OC)ccc1OC(c1ccccc1)c1ccccc1. The van der Waals surface area contributed by atoms with E-state index in [0.717, 1.165) is 16.7 Å². The number of anilines is 2. The molecule has 4 aromatic rings. The monoisotopic (exact) mass is 496 g/mol. The fourth-order valence-electron chi connectivity index (χ4n) is 3.90. The average molecular weight is 497 g/mol. The molecule has 0 unspecified atom stereocenters. The minimum absolute atomic E-state index is 0.185. The highest BCUT2D eigenvalue weighted by Gasteiger charge is 2.21. The highest BCUT2D eigenvalue weighted by molar-refractivity contribution is 6.02. The van der Waals surface area contributed by atoms with Gasteiger partial charge in [-0.05, 0) is 53.9 Å². The number of urea groups is 1. The van der Waals surface area contributed by atoms with Crippen LogP contribution in [0.1, 0.15) is 33.2 Å². The number of ether oxygens (including phenoxy) is 3. The second-order valence-corrected chi connectivity index (χ2v) is 8.30. The number of carbonyl (C=O) groups is 2. The molecule has 0 saturated heterocycles. The van der Waals surface area contributed by atoms with Crippen LogP contribution in [0, 0.1) is 6.92 Å². The standard InChI is InChI=1S/C30H28N2O5/c1-20-14-16-27(35-2)25(18-20)32-30(34)31-23-15-17-26(24(19-23)29(33)36-3)37-28(21-10-6-4-7-11-21)22-12-8-5-9-13-22/h4-19,28H,1-3H3,(H2,31,32,34). The molecule has 0 atom stereocenters. The Morgan fingerprint density at radius 2 is 1.35 bits per heavy atom. The molecule has 37 heavy (non-hydrogen) atoms. The molecule has 4 aromatic carbocycles. The first-order chi connectivity index (χ1) is 18.0. The van der Waals surface area contributed by atoms with E-state index in [0.29, 0.717) is 22.9 Å². The first-order valence-corrected chi connectivity index (χ1v) is 11.7. The van der Waals surface area contributed by atoms with Gasteiger partial charge in [-0.3, -0.25) is 0 Å². The Morgan fingerprint density at radius 1 is 0.730 bits per heavy atom. The van der Waals surface area contributed by atoms with Crippen molar-refractivity contribution in [1.82, 2.24) is 0 Å². The second-order valence-electron chi connectivity index (χ2n) is 8.30. The van der Waals surface area contributed by atoms with Gasteiger partial charge in [-0.25, -0.2) is 9.59 Å². The van der Waals surface area contributed by atoms with E-state index in [1.54, 1.807) is 18.2 Å². The molecular formula is C30H28N2O5. The van der Waals surface area contributed by atoms with E-state index in [1.165, 1.54) is 20.3 Å². The molecule has 0 aliphatic rings. The van der Waals surface area contributed by atoms with Gasteiger partial charge < -0.3 is 24.8 Å². The zero-order valence-electron chi connectivity index (χ0n) is 20.9. The van der Waals surface area contributed by atoms with Crippen molar-refractivity contribution in [3.8, 4) is 11.5 Å². The van der Waals surface area contributed by atoms with Crippen LogP contribution in [0.3, 0.4) is 0 Å². The first kappa shape index (κ1) is 25.3. The van der Waals surface area contributed by atoms with Gasteiger partial charge in [-0.1, -0.05) is 66.7 Å². The molecule has 0 aliphatic heterocycles. The molecule has 4 rings (SSSR count). The summed E-state index contributed by atoms with van der Waals surface area (Å²) in [7, 11) is 2.84. The summed E-state index contributed by atoms with van der Waals surface area (Å²) < 4.78 is 16.7. The Balaban J connectivity index is 1.61. The maximum absolute atomic E-state index is 12.7. The number of hydrogen-bond acceptors (Lipinski definition) is 5. The summed E-state index contributed by atoms with van der Waals surface area (Å²) >= 11 is 0. The van der Waals surface area contributed by atoms with Crippen molar-refractivity contribution >= 4 is 23.4 Å². The largest absolute Gasteiger partial charge is 0.495 e. The molecule has 2 amide bonds. The number of nitrogens with one attached hydrogen (secondary N) is 2. The van der Waals surface area contributed by atoms with Crippen LogP contribution in [0.4, 0.5) is 16.2 Å². The lowest BCUT2D eigenvalue weighted by Crippen LogP contribution is -2.20. The number of esters is 1. The molecule has 0 aromatic heterocycles. The predicted octanol–water partition coefficient (Wildman–Crippen LogP) is 6.60. The Kier molecular flexibility index (Phi) is 8.05. The Bertz CT molecular complexity index is 1330. The van der Waals surface area contributed by atoms with E-state index in [2.05, 4.69) is 10.6 Å². The Labute approximate surface area is 216 Å². The van der Waals surface area contributed by atoms with Crippen LogP contribution in [0.15, 0.2) is 97.1 Å². The van der Waals surface area contributed by atoms with E-state index in [9.17, 15) is 9.59 Å². The molecule has 0 aliphatic carbocycles. The molecule has 0 spiro atoms. The summed E-state index contributed by atoms with van der Waals surface area (Å²) in [6.07, 6.45) is -0.457. The molecule has 7 heteroatoms. The van der Waals surface area contributed by atoms with Crippen molar-refractivity contribution in [3.63, 3.8) is 0 Å². The summed E-state index contributed by atoms with van der Waals surface area (Å²) in [5.74, 6) is 0.280. The zero-order valence-corrected chi connectivity index (χ0v) is 20.9. The Morgan fingerprint density at radius 3 is 1.95 bits per heavy atom. The van der Waals surface area contributed by atoms with E-state index >= 15 is 0 Å². The average Bonchev–Trinajstić information content (AvgIpc) is 2.93. The maximum atomic E-state index is 12.7. The van der Waals surface area contributed by atoms with Gasteiger partial charge in [0.2, 0.25) is 0 Å². The summed E-state index contributed by atoms with van der Waals surface area (Å²) in [4.78, 5) is 25.4. The van der Waals surface area contributed by atoms with Gasteiger partial charge in [0, 0.05) is 5.69 Å². The minimum Gasteiger partial charge on any atom is -0.495 e. The number of amides is 2. The molecule has 0 fully saturated rings. The van der Waals surface area contributed by atoms with E-state index in [4.69, 9.17) is 14.2 Å². The normalized spacial score (nSPS) is 10.5. The minimum atomic E-state index is -0.584. The maximum Gasteiger partial charge on any atom is 0.341 e. The van der Waals surface area contributed by atoms with Crippen LogP contribution >= 0.6 is 0 Å². The highest BCUT2D eigenvalue weighted by atomic mass is 16.5. The molecule has 0 heterocycles. The fourth-order valence-corrected chi connectivity index (χ4v) is 3.90. The van der Waals surface area contributed by atoms with Crippen molar-refractivity contribution in [2.75, 3.05) is 24.9 Å². The highest BCUT2D eigenvalue weighted by Crippen LogP contribution is 2.32. The molecule has 7 nitrogen and oxygen atoms in total. The summed E-state index contributed by atoms with van der Waals surface area (Å²) in [5, 5.41) is 5.54. The quantitative estimate of drug-likeness (QED) is 0.268. The Hall–Kier alpha value is -4.78. The van der Waals surface area contributed by atoms with Crippen LogP contribution in [-0.2, 0) is 4.74 Å². The van der Waals surface area contributed by atoms with E-state index in [-0.39, 0.29) is 5.56 Å². The molecular weight excluding hydrogens is 468 g/mol. The van der Waals surface area contributed by atoms with Gasteiger partial charge in [-0.15, -0.1) is 0 Å². The van der Waals surface area contributed by atoms with Crippen molar-refractivity contribution in [2.45, 2.75) is 13.0 Å². The van der Waals surface area contributed by atoms with Crippen LogP contribution in [0.5, 0.6) is 11.5 Å². The second kappa shape index (κ2) is 11.8. The van der Waals surface area contributed by atoms with Crippen LogP contribution in [-0.4, -0.2) is 26.2 Å². The van der Waals surface area contributed by atoms with E-state index in [1.807, 2.05) is 79.7 Å². The molecule has 2 N–H and O–H groups in total. The van der Waals surface area contributed by atoms with E-state index < -0.39 is 18.1 Å². The number of aryl methyl sites for hydroxylation is 1. The lowest BCUT2D eigenvalue weighted by Gasteiger charge is -2.22. The summed E-state index contributed by atoms with van der Waals surface area (Å²) in [5.41, 5.74) is 3.94. The van der Waals surface area contributed by atoms with Crippen LogP contribution < -0.4 is 20.1 Å². The summed E-state index contributed by atoms with van der Waals surface area (Å²) in [6, 6.07) is 29.3. The van der Waals surface area contributed by atoms with Crippen molar-refractivity contribution in [1.29, 1.82) is 0 Å². The topological polar surface area (TPSA) is 85.9 Å². The molecule has 0 saturated carbocycles. The number of methoxy groups -OCH3 is 2. The lowest BCUT2D eigenvalue weighted by molar-refractivity contribution is 0.0594. The third-order valence-electron chi connectivity index (χ3n) is 5.70.